The Labute approximate surface area is 110 Å². The van der Waals surface area contributed by atoms with Gasteiger partial charge >= 0.3 is 5.97 Å². The van der Waals surface area contributed by atoms with Gasteiger partial charge < -0.3 is 14.4 Å². The highest BCUT2D eigenvalue weighted by atomic mass is 16.4. The van der Waals surface area contributed by atoms with Crippen LogP contribution in [0.2, 0.25) is 0 Å². The number of rotatable bonds is 2. The molecule has 1 aromatic heterocycles. The zero-order valence-electron chi connectivity index (χ0n) is 10.7. The van der Waals surface area contributed by atoms with Crippen LogP contribution in [0.1, 0.15) is 35.5 Å². The van der Waals surface area contributed by atoms with Crippen molar-refractivity contribution < 1.29 is 19.1 Å². The summed E-state index contributed by atoms with van der Waals surface area (Å²) >= 11 is 0. The third-order valence-corrected chi connectivity index (χ3v) is 4.34. The molecule has 19 heavy (non-hydrogen) atoms. The van der Waals surface area contributed by atoms with E-state index in [4.69, 9.17) is 4.42 Å². The molecule has 0 spiro atoms. The number of amides is 1. The lowest BCUT2D eigenvalue weighted by Gasteiger charge is -2.23. The maximum absolute atomic E-state index is 12.4. The molecule has 1 N–H and O–H groups in total. The van der Waals surface area contributed by atoms with Crippen LogP contribution >= 0.6 is 0 Å². The number of hydrogen-bond acceptors (Lipinski definition) is 4. The Morgan fingerprint density at radius 3 is 2.89 bits per heavy atom. The van der Waals surface area contributed by atoms with E-state index in [1.807, 2.05) is 0 Å². The van der Waals surface area contributed by atoms with Gasteiger partial charge in [-0.05, 0) is 31.6 Å². The number of carboxylic acid groups (broad SMARTS) is 1. The number of aryl methyl sites for hydroxylation is 1. The monoisotopic (exact) mass is 264 g/mol. The molecule has 1 aliphatic carbocycles. The third kappa shape index (κ3) is 1.82. The van der Waals surface area contributed by atoms with Gasteiger partial charge in [-0.2, -0.15) is 0 Å². The van der Waals surface area contributed by atoms with Crippen LogP contribution in [-0.2, 0) is 4.79 Å². The Morgan fingerprint density at radius 1 is 1.47 bits per heavy atom. The van der Waals surface area contributed by atoms with Crippen LogP contribution in [0.15, 0.2) is 10.8 Å². The molecule has 0 radical (unpaired) electrons. The van der Waals surface area contributed by atoms with Crippen LogP contribution in [0.5, 0.6) is 0 Å². The number of carbonyl (C=O) groups is 2. The number of carbonyl (C=O) groups excluding carboxylic acids is 1. The van der Waals surface area contributed by atoms with Gasteiger partial charge in [0.05, 0.1) is 5.69 Å². The summed E-state index contributed by atoms with van der Waals surface area (Å²) in [7, 11) is 0. The van der Waals surface area contributed by atoms with Crippen LogP contribution < -0.4 is 0 Å². The van der Waals surface area contributed by atoms with Crippen LogP contribution in [0.4, 0.5) is 0 Å². The topological polar surface area (TPSA) is 83.6 Å². The molecule has 3 atom stereocenters. The molecule has 6 nitrogen and oxygen atoms in total. The molecule has 1 aliphatic heterocycles. The minimum atomic E-state index is -0.917. The number of hydrogen-bond donors (Lipinski definition) is 1. The van der Waals surface area contributed by atoms with Gasteiger partial charge in [-0.15, -0.1) is 0 Å². The smallest absolute Gasteiger partial charge is 0.326 e. The first-order valence-corrected chi connectivity index (χ1v) is 6.53. The molecule has 2 fully saturated rings. The molecule has 1 amide bonds. The van der Waals surface area contributed by atoms with Crippen molar-refractivity contribution >= 4 is 11.9 Å². The predicted octanol–water partition coefficient (Wildman–Crippen LogP) is 1.31. The van der Waals surface area contributed by atoms with Gasteiger partial charge in [0.15, 0.2) is 6.39 Å². The largest absolute Gasteiger partial charge is 0.480 e. The Balaban J connectivity index is 1.90. The first-order chi connectivity index (χ1) is 9.09. The molecule has 0 aromatic carbocycles. The van der Waals surface area contributed by atoms with Gasteiger partial charge in [-0.25, -0.2) is 9.78 Å². The van der Waals surface area contributed by atoms with E-state index in [9.17, 15) is 14.7 Å². The Kier molecular flexibility index (Phi) is 2.80. The van der Waals surface area contributed by atoms with Gasteiger partial charge in [0.1, 0.15) is 6.04 Å². The molecule has 2 aliphatic rings. The van der Waals surface area contributed by atoms with E-state index in [1.54, 1.807) is 6.92 Å². The second-order valence-electron chi connectivity index (χ2n) is 5.36. The molecule has 2 heterocycles. The Morgan fingerprint density at radius 2 is 2.26 bits per heavy atom. The van der Waals surface area contributed by atoms with E-state index in [2.05, 4.69) is 4.98 Å². The summed E-state index contributed by atoms with van der Waals surface area (Å²) in [6.07, 6.45) is 4.17. The van der Waals surface area contributed by atoms with Crippen molar-refractivity contribution in [3.63, 3.8) is 0 Å². The van der Waals surface area contributed by atoms with Gasteiger partial charge in [0, 0.05) is 6.54 Å². The van der Waals surface area contributed by atoms with Crippen molar-refractivity contribution in [2.24, 2.45) is 11.8 Å². The number of carboxylic acids is 1. The number of likely N-dealkylation sites (tertiary alicyclic amines) is 1. The van der Waals surface area contributed by atoms with E-state index >= 15 is 0 Å². The molecule has 3 rings (SSSR count). The number of aromatic nitrogens is 1. The normalized spacial score (nSPS) is 29.5. The minimum absolute atomic E-state index is 0.0877. The van der Waals surface area contributed by atoms with E-state index in [-0.39, 0.29) is 17.6 Å². The maximum atomic E-state index is 12.4. The molecule has 1 aromatic rings. The fourth-order valence-electron chi connectivity index (χ4n) is 3.47. The summed E-state index contributed by atoms with van der Waals surface area (Å²) in [5.74, 6) is -0.708. The van der Waals surface area contributed by atoms with Gasteiger partial charge in [0.25, 0.3) is 5.91 Å². The molecule has 6 heteroatoms. The molecular formula is C13H16N2O4. The molecule has 102 valence electrons. The molecule has 1 saturated carbocycles. The average molecular weight is 264 g/mol. The highest BCUT2D eigenvalue weighted by Crippen LogP contribution is 2.42. The highest BCUT2D eigenvalue weighted by molar-refractivity contribution is 5.95. The standard InChI is InChI=1S/C13H16N2O4/c1-7-11(19-6-14-7)12(16)15-5-8-3-2-4-9(8)10(15)13(17)18/h6,8-10H,2-5H2,1H3,(H,17,18). The third-order valence-electron chi connectivity index (χ3n) is 4.34. The number of oxazole rings is 1. The van der Waals surface area contributed by atoms with E-state index in [0.29, 0.717) is 18.2 Å². The Hall–Kier alpha value is -1.85. The predicted molar refractivity (Wildman–Crippen MR) is 64.5 cm³/mol. The zero-order valence-corrected chi connectivity index (χ0v) is 10.7. The average Bonchev–Trinajstić information content (AvgIpc) is 3.00. The van der Waals surface area contributed by atoms with Crippen LogP contribution in [0.25, 0.3) is 0 Å². The van der Waals surface area contributed by atoms with Gasteiger partial charge in [0.2, 0.25) is 5.76 Å². The van der Waals surface area contributed by atoms with Crippen molar-refractivity contribution in [1.29, 1.82) is 0 Å². The second kappa shape index (κ2) is 4.36. The first kappa shape index (κ1) is 12.2. The lowest BCUT2D eigenvalue weighted by Crippen LogP contribution is -2.43. The number of aliphatic carboxylic acids is 1. The van der Waals surface area contributed by atoms with Crippen LogP contribution in [-0.4, -0.2) is 39.5 Å². The number of fused-ring (bicyclic) bond motifs is 1. The second-order valence-corrected chi connectivity index (χ2v) is 5.36. The molecule has 1 saturated heterocycles. The van der Waals surface area contributed by atoms with Gasteiger partial charge in [-0.3, -0.25) is 4.79 Å². The highest BCUT2D eigenvalue weighted by Gasteiger charge is 2.50. The molecule has 3 unspecified atom stereocenters. The van der Waals surface area contributed by atoms with Crippen LogP contribution in [0, 0.1) is 18.8 Å². The van der Waals surface area contributed by atoms with Crippen molar-refractivity contribution in [2.45, 2.75) is 32.2 Å². The fourth-order valence-corrected chi connectivity index (χ4v) is 3.47. The summed E-state index contributed by atoms with van der Waals surface area (Å²) in [5.41, 5.74) is 0.506. The van der Waals surface area contributed by atoms with E-state index in [1.165, 1.54) is 11.3 Å². The fraction of sp³-hybridized carbons (Fsp3) is 0.615. The minimum Gasteiger partial charge on any atom is -0.480 e. The van der Waals surface area contributed by atoms with Crippen molar-refractivity contribution in [1.82, 2.24) is 9.88 Å². The summed E-state index contributed by atoms with van der Waals surface area (Å²) in [6, 6.07) is -0.718. The van der Waals surface area contributed by atoms with Crippen molar-refractivity contribution in [3.8, 4) is 0 Å². The van der Waals surface area contributed by atoms with E-state index in [0.717, 1.165) is 19.3 Å². The van der Waals surface area contributed by atoms with Crippen molar-refractivity contribution in [3.05, 3.63) is 17.8 Å². The number of nitrogens with zero attached hydrogens (tertiary/aromatic N) is 2. The van der Waals surface area contributed by atoms with E-state index < -0.39 is 12.0 Å². The molecule has 0 bridgehead atoms. The SMILES string of the molecule is Cc1ncoc1C(=O)N1CC2CCCC2C1C(=O)O. The zero-order chi connectivity index (χ0) is 13.6. The Bertz CT molecular complexity index is 524. The van der Waals surface area contributed by atoms with Crippen molar-refractivity contribution in [2.75, 3.05) is 6.54 Å². The summed E-state index contributed by atoms with van der Waals surface area (Å²) in [4.78, 5) is 29.2. The van der Waals surface area contributed by atoms with Crippen LogP contribution in [0.3, 0.4) is 0 Å². The maximum Gasteiger partial charge on any atom is 0.326 e. The summed E-state index contributed by atoms with van der Waals surface area (Å²) < 4.78 is 5.09. The first-order valence-electron chi connectivity index (χ1n) is 6.53. The quantitative estimate of drug-likeness (QED) is 0.870. The lowest BCUT2D eigenvalue weighted by atomic mass is 9.94. The molecular weight excluding hydrogens is 248 g/mol. The lowest BCUT2D eigenvalue weighted by molar-refractivity contribution is -0.142. The summed E-state index contributed by atoms with van der Waals surface area (Å²) in [6.45, 7) is 2.20. The van der Waals surface area contributed by atoms with Gasteiger partial charge in [-0.1, -0.05) is 6.42 Å². The summed E-state index contributed by atoms with van der Waals surface area (Å²) in [5, 5.41) is 9.41.